The average Bonchev–Trinajstić information content (AvgIpc) is 1.88. The molecule has 4 nitrogen and oxygen atoms in total. The lowest BCUT2D eigenvalue weighted by atomic mass is 10.8. The normalized spacial score (nSPS) is 10.1. The summed E-state index contributed by atoms with van der Waals surface area (Å²) in [5, 5.41) is 10.3. The van der Waals surface area contributed by atoms with Gasteiger partial charge in [0, 0.05) is 6.54 Å². The monoisotopic (exact) mass is 127 g/mol. The fourth-order valence-corrected chi connectivity index (χ4v) is 0.347. The van der Waals surface area contributed by atoms with Gasteiger partial charge in [0.15, 0.2) is 6.19 Å². The fourth-order valence-electron chi connectivity index (χ4n) is 0.347. The van der Waals surface area contributed by atoms with E-state index in [2.05, 4.69) is 15.0 Å². The number of hydrogen-bond donors (Lipinski definition) is 1. The van der Waals surface area contributed by atoms with Crippen LogP contribution in [0.1, 0.15) is 6.92 Å². The van der Waals surface area contributed by atoms with E-state index >= 15 is 0 Å². The van der Waals surface area contributed by atoms with Gasteiger partial charge in [-0.3, -0.25) is 0 Å². The van der Waals surface area contributed by atoms with Crippen molar-refractivity contribution in [1.82, 2.24) is 5.32 Å². The number of ether oxygens (including phenoxy) is 1. The van der Waals surface area contributed by atoms with Gasteiger partial charge in [-0.1, -0.05) is 0 Å². The molecule has 0 heterocycles. The number of methoxy groups -OCH3 is 1. The molecule has 0 unspecified atom stereocenters. The van der Waals surface area contributed by atoms with Crippen LogP contribution >= 0.6 is 0 Å². The molecule has 0 bridgehead atoms. The topological polar surface area (TPSA) is 57.4 Å². The highest BCUT2D eigenvalue weighted by atomic mass is 16.5. The van der Waals surface area contributed by atoms with Crippen molar-refractivity contribution in [2.75, 3.05) is 13.7 Å². The third-order valence-corrected chi connectivity index (χ3v) is 0.658. The number of nitrogens with one attached hydrogen (secondary N) is 1. The third kappa shape index (κ3) is 3.35. The van der Waals surface area contributed by atoms with Crippen LogP contribution in [0.15, 0.2) is 4.99 Å². The zero-order valence-corrected chi connectivity index (χ0v) is 5.51. The molecule has 4 heteroatoms. The minimum absolute atomic E-state index is 0.264. The molecule has 0 saturated heterocycles. The lowest BCUT2D eigenvalue weighted by Crippen LogP contribution is -2.19. The predicted molar refractivity (Wildman–Crippen MR) is 33.7 cm³/mol. The third-order valence-electron chi connectivity index (χ3n) is 0.658. The van der Waals surface area contributed by atoms with Crippen LogP contribution in [-0.2, 0) is 4.74 Å². The molecule has 0 rings (SSSR count). The summed E-state index contributed by atoms with van der Waals surface area (Å²) in [6, 6.07) is 0.264. The van der Waals surface area contributed by atoms with Crippen molar-refractivity contribution in [3.05, 3.63) is 0 Å². The second-order valence-corrected chi connectivity index (χ2v) is 1.22. The summed E-state index contributed by atoms with van der Waals surface area (Å²) in [6.07, 6.45) is 1.70. The van der Waals surface area contributed by atoms with Gasteiger partial charge in [-0.2, -0.15) is 5.26 Å². The van der Waals surface area contributed by atoms with Gasteiger partial charge in [0.05, 0.1) is 7.11 Å². The van der Waals surface area contributed by atoms with E-state index in [4.69, 9.17) is 5.26 Å². The van der Waals surface area contributed by atoms with E-state index in [0.717, 1.165) is 0 Å². The minimum atomic E-state index is 0.264. The maximum atomic E-state index is 8.07. The van der Waals surface area contributed by atoms with Gasteiger partial charge in [-0.15, -0.1) is 0 Å². The highest BCUT2D eigenvalue weighted by Gasteiger charge is 1.89. The summed E-state index contributed by atoms with van der Waals surface area (Å²) in [7, 11) is 1.46. The number of nitrogens with zero attached hydrogens (tertiary/aromatic N) is 2. The Kier molecular flexibility index (Phi) is 4.23. The first kappa shape index (κ1) is 7.76. The van der Waals surface area contributed by atoms with Gasteiger partial charge in [-0.05, 0) is 6.92 Å². The van der Waals surface area contributed by atoms with Crippen LogP contribution < -0.4 is 5.32 Å². The second-order valence-electron chi connectivity index (χ2n) is 1.22. The number of nitriles is 1. The van der Waals surface area contributed by atoms with Gasteiger partial charge in [-0.25, -0.2) is 10.3 Å². The second kappa shape index (κ2) is 4.91. The van der Waals surface area contributed by atoms with Crippen LogP contribution in [0.5, 0.6) is 0 Å². The standard InChI is InChI=1S/C5H9N3O/c1-3-7-5(9-2)8-4-6/h3H2,1-2H3,(H,7,8). The lowest BCUT2D eigenvalue weighted by molar-refractivity contribution is 0.386. The number of rotatable bonds is 1. The van der Waals surface area contributed by atoms with Crippen molar-refractivity contribution >= 4 is 6.02 Å². The van der Waals surface area contributed by atoms with Crippen molar-refractivity contribution in [3.8, 4) is 6.19 Å². The van der Waals surface area contributed by atoms with Crippen LogP contribution in [0.2, 0.25) is 0 Å². The Hall–Kier alpha value is -1.24. The number of aliphatic imine (C=N–C) groups is 1. The molecule has 0 atom stereocenters. The summed E-state index contributed by atoms with van der Waals surface area (Å²) in [6.45, 7) is 2.47. The first-order valence-corrected chi connectivity index (χ1v) is 2.58. The zero-order chi connectivity index (χ0) is 7.11. The van der Waals surface area contributed by atoms with Crippen LogP contribution in [-0.4, -0.2) is 19.7 Å². The molecule has 0 amide bonds. The van der Waals surface area contributed by atoms with Gasteiger partial charge in [0.25, 0.3) is 6.02 Å². The van der Waals surface area contributed by atoms with Crippen molar-refractivity contribution in [2.24, 2.45) is 4.99 Å². The molecule has 0 aromatic rings. The summed E-state index contributed by atoms with van der Waals surface area (Å²) < 4.78 is 4.65. The van der Waals surface area contributed by atoms with Gasteiger partial charge in [0.1, 0.15) is 0 Å². The molecular formula is C5H9N3O. The first-order valence-electron chi connectivity index (χ1n) is 2.58. The first-order chi connectivity index (χ1) is 4.35. The Morgan fingerprint density at radius 3 is 2.89 bits per heavy atom. The van der Waals surface area contributed by atoms with E-state index in [1.807, 2.05) is 6.92 Å². The molecule has 0 aromatic heterocycles. The molecule has 0 spiro atoms. The maximum absolute atomic E-state index is 8.07. The van der Waals surface area contributed by atoms with E-state index in [0.29, 0.717) is 6.54 Å². The Balaban J connectivity index is 3.70. The van der Waals surface area contributed by atoms with E-state index in [9.17, 15) is 0 Å². The molecule has 0 saturated carbocycles. The van der Waals surface area contributed by atoms with Crippen LogP contribution in [0.3, 0.4) is 0 Å². The van der Waals surface area contributed by atoms with Crippen molar-refractivity contribution < 1.29 is 4.74 Å². The summed E-state index contributed by atoms with van der Waals surface area (Å²) in [5.41, 5.74) is 0. The van der Waals surface area contributed by atoms with Crippen molar-refractivity contribution in [3.63, 3.8) is 0 Å². The van der Waals surface area contributed by atoms with Gasteiger partial charge in [0.2, 0.25) is 0 Å². The molecule has 0 radical (unpaired) electrons. The average molecular weight is 127 g/mol. The Morgan fingerprint density at radius 2 is 2.56 bits per heavy atom. The van der Waals surface area contributed by atoms with Crippen LogP contribution in [0, 0.1) is 11.5 Å². The number of hydrogen-bond acceptors (Lipinski definition) is 3. The number of amidine groups is 1. The van der Waals surface area contributed by atoms with Crippen LogP contribution in [0.4, 0.5) is 0 Å². The Labute approximate surface area is 54.2 Å². The molecule has 9 heavy (non-hydrogen) atoms. The summed E-state index contributed by atoms with van der Waals surface area (Å²) in [4.78, 5) is 3.79. The lowest BCUT2D eigenvalue weighted by Gasteiger charge is -1.97. The quantitative estimate of drug-likeness (QED) is 0.235. The van der Waals surface area contributed by atoms with Gasteiger partial charge < -0.3 is 4.74 Å². The Morgan fingerprint density at radius 1 is 1.89 bits per heavy atom. The zero-order valence-electron chi connectivity index (χ0n) is 5.51. The molecule has 0 fully saturated rings. The van der Waals surface area contributed by atoms with Gasteiger partial charge >= 0.3 is 0 Å². The van der Waals surface area contributed by atoms with Crippen molar-refractivity contribution in [2.45, 2.75) is 6.92 Å². The van der Waals surface area contributed by atoms with Crippen molar-refractivity contribution in [1.29, 1.82) is 5.26 Å². The minimum Gasteiger partial charge on any atom is -0.468 e. The van der Waals surface area contributed by atoms with E-state index in [1.165, 1.54) is 7.11 Å². The SMILES string of the molecule is CCN=C(NC#N)OC. The van der Waals surface area contributed by atoms with E-state index < -0.39 is 0 Å². The molecule has 0 aliphatic rings. The van der Waals surface area contributed by atoms with E-state index in [-0.39, 0.29) is 6.02 Å². The van der Waals surface area contributed by atoms with E-state index in [1.54, 1.807) is 6.19 Å². The molecule has 0 aliphatic carbocycles. The summed E-state index contributed by atoms with van der Waals surface area (Å²) >= 11 is 0. The summed E-state index contributed by atoms with van der Waals surface area (Å²) in [5.74, 6) is 0. The maximum Gasteiger partial charge on any atom is 0.297 e. The smallest absolute Gasteiger partial charge is 0.297 e. The highest BCUT2D eigenvalue weighted by Crippen LogP contribution is 1.73. The predicted octanol–water partition coefficient (Wildman–Crippen LogP) is 0.0794. The van der Waals surface area contributed by atoms with Crippen LogP contribution in [0.25, 0.3) is 0 Å². The fraction of sp³-hybridized carbons (Fsp3) is 0.600. The Bertz CT molecular complexity index is 136. The molecule has 0 aromatic carbocycles. The molecule has 0 aliphatic heterocycles. The molecule has 1 N–H and O–H groups in total. The molecular weight excluding hydrogens is 118 g/mol. The highest BCUT2D eigenvalue weighted by molar-refractivity contribution is 5.74. The largest absolute Gasteiger partial charge is 0.468 e. The molecule has 50 valence electrons.